The van der Waals surface area contributed by atoms with Crippen molar-refractivity contribution in [3.63, 3.8) is 0 Å². The summed E-state index contributed by atoms with van der Waals surface area (Å²) in [4.78, 5) is 14.2. The van der Waals surface area contributed by atoms with E-state index in [9.17, 15) is 4.79 Å². The number of carbonyl (C=O) groups excluding carboxylic acids is 1. The molecule has 106 valence electrons. The topological polar surface area (TPSA) is 44.4 Å². The molecule has 0 aromatic carbocycles. The lowest BCUT2D eigenvalue weighted by molar-refractivity contribution is -0.126. The average molecular weight is 255 g/mol. The third kappa shape index (κ3) is 4.94. The molecule has 1 rings (SSSR count). The number of hydrogen-bond donors (Lipinski definition) is 2. The molecule has 2 N–H and O–H groups in total. The molecule has 4 heteroatoms. The van der Waals surface area contributed by atoms with Gasteiger partial charge in [-0.3, -0.25) is 9.69 Å². The molecule has 1 aliphatic heterocycles. The van der Waals surface area contributed by atoms with E-state index in [0.717, 1.165) is 45.1 Å². The van der Waals surface area contributed by atoms with Gasteiger partial charge in [-0.1, -0.05) is 13.8 Å². The second kappa shape index (κ2) is 8.48. The molecule has 4 nitrogen and oxygen atoms in total. The molecule has 1 unspecified atom stereocenters. The van der Waals surface area contributed by atoms with Gasteiger partial charge in [0.2, 0.25) is 5.91 Å². The first-order valence-corrected chi connectivity index (χ1v) is 7.41. The Morgan fingerprint density at radius 1 is 1.33 bits per heavy atom. The largest absolute Gasteiger partial charge is 0.355 e. The third-order valence-electron chi connectivity index (χ3n) is 3.81. The minimum absolute atomic E-state index is 0.0247. The van der Waals surface area contributed by atoms with Crippen LogP contribution in [-0.2, 0) is 4.79 Å². The highest BCUT2D eigenvalue weighted by atomic mass is 16.2. The van der Waals surface area contributed by atoms with Gasteiger partial charge >= 0.3 is 0 Å². The molecule has 1 amide bonds. The van der Waals surface area contributed by atoms with Gasteiger partial charge in [-0.05, 0) is 58.3 Å². The summed E-state index contributed by atoms with van der Waals surface area (Å²) in [5, 5.41) is 6.40. The maximum atomic E-state index is 11.9. The molecule has 0 spiro atoms. The van der Waals surface area contributed by atoms with E-state index >= 15 is 0 Å². The summed E-state index contributed by atoms with van der Waals surface area (Å²) in [7, 11) is 0. The third-order valence-corrected chi connectivity index (χ3v) is 3.81. The fourth-order valence-corrected chi connectivity index (χ4v) is 2.45. The van der Waals surface area contributed by atoms with Crippen LogP contribution in [0.5, 0.6) is 0 Å². The van der Waals surface area contributed by atoms with E-state index in [2.05, 4.69) is 29.4 Å². The van der Waals surface area contributed by atoms with E-state index in [0.29, 0.717) is 0 Å². The molecule has 0 bridgehead atoms. The van der Waals surface area contributed by atoms with Gasteiger partial charge in [-0.15, -0.1) is 0 Å². The van der Waals surface area contributed by atoms with E-state index in [1.54, 1.807) is 0 Å². The first-order chi connectivity index (χ1) is 8.69. The summed E-state index contributed by atoms with van der Waals surface area (Å²) in [5.74, 6) is 0.967. The average Bonchev–Trinajstić information content (AvgIpc) is 2.42. The maximum Gasteiger partial charge on any atom is 0.237 e. The van der Waals surface area contributed by atoms with E-state index in [4.69, 9.17) is 0 Å². The van der Waals surface area contributed by atoms with Crippen molar-refractivity contribution in [1.29, 1.82) is 0 Å². The summed E-state index contributed by atoms with van der Waals surface area (Å²) >= 11 is 0. The zero-order valence-electron chi connectivity index (χ0n) is 12.2. The predicted octanol–water partition coefficient (Wildman–Crippen LogP) is 1.22. The molecule has 0 aromatic rings. The van der Waals surface area contributed by atoms with Gasteiger partial charge in [0.05, 0.1) is 6.04 Å². The highest BCUT2D eigenvalue weighted by molar-refractivity contribution is 5.81. The van der Waals surface area contributed by atoms with Gasteiger partial charge in [-0.2, -0.15) is 0 Å². The van der Waals surface area contributed by atoms with Crippen molar-refractivity contribution in [2.45, 2.75) is 46.1 Å². The van der Waals surface area contributed by atoms with Gasteiger partial charge < -0.3 is 10.6 Å². The first-order valence-electron chi connectivity index (χ1n) is 7.41. The number of hydrogen-bond acceptors (Lipinski definition) is 3. The Kier molecular flexibility index (Phi) is 7.28. The van der Waals surface area contributed by atoms with Crippen LogP contribution >= 0.6 is 0 Å². The number of nitrogens with zero attached hydrogens (tertiary/aromatic N) is 1. The Labute approximate surface area is 111 Å². The zero-order valence-corrected chi connectivity index (χ0v) is 12.2. The molecule has 1 aliphatic rings. The molecule has 1 heterocycles. The summed E-state index contributed by atoms with van der Waals surface area (Å²) in [6, 6.07) is 0.0247. The fourth-order valence-electron chi connectivity index (χ4n) is 2.45. The van der Waals surface area contributed by atoms with Crippen LogP contribution in [0.2, 0.25) is 0 Å². The molecule has 1 fully saturated rings. The molecular formula is C14H29N3O. The Morgan fingerprint density at radius 2 is 2.00 bits per heavy atom. The summed E-state index contributed by atoms with van der Waals surface area (Å²) in [6.07, 6.45) is 3.42. The van der Waals surface area contributed by atoms with Gasteiger partial charge in [0.1, 0.15) is 0 Å². The van der Waals surface area contributed by atoms with Gasteiger partial charge in [0.15, 0.2) is 0 Å². The van der Waals surface area contributed by atoms with Gasteiger partial charge in [0, 0.05) is 6.54 Å². The predicted molar refractivity (Wildman–Crippen MR) is 75.6 cm³/mol. The number of likely N-dealkylation sites (tertiary alicyclic amines) is 1. The highest BCUT2D eigenvalue weighted by Gasteiger charge is 2.25. The van der Waals surface area contributed by atoms with Crippen LogP contribution in [0, 0.1) is 5.92 Å². The van der Waals surface area contributed by atoms with Crippen LogP contribution in [-0.4, -0.2) is 49.6 Å². The van der Waals surface area contributed by atoms with Crippen LogP contribution in [0.1, 0.15) is 40.0 Å². The van der Waals surface area contributed by atoms with Crippen LogP contribution in [0.15, 0.2) is 0 Å². The standard InChI is InChI=1S/C14H29N3O/c1-4-8-16-14(18)12(3)17-9-6-13(7-10-17)11-15-5-2/h12-13,15H,4-11H2,1-3H3,(H,16,18). The Hall–Kier alpha value is -0.610. The molecular weight excluding hydrogens is 226 g/mol. The molecule has 0 saturated carbocycles. The van der Waals surface area contributed by atoms with Crippen LogP contribution < -0.4 is 10.6 Å². The van der Waals surface area contributed by atoms with Crippen molar-refractivity contribution in [2.75, 3.05) is 32.7 Å². The summed E-state index contributed by atoms with van der Waals surface area (Å²) < 4.78 is 0. The van der Waals surface area contributed by atoms with Crippen molar-refractivity contribution in [3.8, 4) is 0 Å². The maximum absolute atomic E-state index is 11.9. The van der Waals surface area contributed by atoms with Crippen LogP contribution in [0.3, 0.4) is 0 Å². The molecule has 1 atom stereocenters. The van der Waals surface area contributed by atoms with Gasteiger partial charge in [0.25, 0.3) is 0 Å². The molecule has 0 radical (unpaired) electrons. The quantitative estimate of drug-likeness (QED) is 0.719. The Morgan fingerprint density at radius 3 is 2.56 bits per heavy atom. The van der Waals surface area contributed by atoms with Crippen molar-refractivity contribution in [3.05, 3.63) is 0 Å². The summed E-state index contributed by atoms with van der Waals surface area (Å²) in [5.41, 5.74) is 0. The minimum atomic E-state index is 0.0247. The lowest BCUT2D eigenvalue weighted by atomic mass is 9.95. The highest BCUT2D eigenvalue weighted by Crippen LogP contribution is 2.18. The molecule has 0 aromatic heterocycles. The number of piperidine rings is 1. The molecule has 1 saturated heterocycles. The SMILES string of the molecule is CCCNC(=O)C(C)N1CCC(CNCC)CC1. The monoisotopic (exact) mass is 255 g/mol. The van der Waals surface area contributed by atoms with Crippen LogP contribution in [0.4, 0.5) is 0 Å². The van der Waals surface area contributed by atoms with Gasteiger partial charge in [-0.25, -0.2) is 0 Å². The first kappa shape index (κ1) is 15.4. The van der Waals surface area contributed by atoms with E-state index < -0.39 is 0 Å². The second-order valence-electron chi connectivity index (χ2n) is 5.25. The number of carbonyl (C=O) groups is 1. The van der Waals surface area contributed by atoms with E-state index in [1.807, 2.05) is 6.92 Å². The van der Waals surface area contributed by atoms with Crippen LogP contribution in [0.25, 0.3) is 0 Å². The van der Waals surface area contributed by atoms with E-state index in [1.165, 1.54) is 12.8 Å². The smallest absolute Gasteiger partial charge is 0.237 e. The summed E-state index contributed by atoms with van der Waals surface area (Å²) in [6.45, 7) is 11.3. The minimum Gasteiger partial charge on any atom is -0.355 e. The number of rotatable bonds is 7. The van der Waals surface area contributed by atoms with E-state index in [-0.39, 0.29) is 11.9 Å². The Balaban J connectivity index is 2.26. The fraction of sp³-hybridized carbons (Fsp3) is 0.929. The Bertz CT molecular complexity index is 237. The number of nitrogens with one attached hydrogen (secondary N) is 2. The zero-order chi connectivity index (χ0) is 13.4. The molecule has 0 aliphatic carbocycles. The normalized spacial score (nSPS) is 19.7. The molecule has 18 heavy (non-hydrogen) atoms. The lowest BCUT2D eigenvalue weighted by Crippen LogP contribution is -2.49. The van der Waals surface area contributed by atoms with Crippen molar-refractivity contribution in [2.24, 2.45) is 5.92 Å². The lowest BCUT2D eigenvalue weighted by Gasteiger charge is -2.35. The number of amides is 1. The van der Waals surface area contributed by atoms with Crippen molar-refractivity contribution < 1.29 is 4.79 Å². The van der Waals surface area contributed by atoms with Crippen molar-refractivity contribution >= 4 is 5.91 Å². The van der Waals surface area contributed by atoms with Crippen molar-refractivity contribution in [1.82, 2.24) is 15.5 Å². The second-order valence-corrected chi connectivity index (χ2v) is 5.25.